The first-order valence-electron chi connectivity index (χ1n) is 12.5. The zero-order valence-electron chi connectivity index (χ0n) is 21.1. The lowest BCUT2D eigenvalue weighted by Crippen LogP contribution is -2.67. The van der Waals surface area contributed by atoms with Gasteiger partial charge in [-0.15, -0.1) is 0 Å². The molecular formula is C29H23F3N4O4. The van der Waals surface area contributed by atoms with Crippen LogP contribution in [0.1, 0.15) is 27.2 Å². The molecule has 1 spiro atoms. The summed E-state index contributed by atoms with van der Waals surface area (Å²) in [5.41, 5.74) is 0.406. The highest BCUT2D eigenvalue weighted by Crippen LogP contribution is 2.40. The molecule has 3 aromatic heterocycles. The molecule has 1 N–H and O–H groups in total. The van der Waals surface area contributed by atoms with Gasteiger partial charge < -0.3 is 19.4 Å². The van der Waals surface area contributed by atoms with Crippen molar-refractivity contribution in [2.75, 3.05) is 26.3 Å². The minimum absolute atomic E-state index is 0.0786. The smallest absolute Gasteiger partial charge is 0.420 e. The number of rotatable bonds is 6. The molecule has 0 bridgehead atoms. The van der Waals surface area contributed by atoms with Gasteiger partial charge in [0.2, 0.25) is 5.91 Å². The zero-order chi connectivity index (χ0) is 27.9. The number of ether oxygens (including phenoxy) is 1. The van der Waals surface area contributed by atoms with Crippen molar-refractivity contribution in [2.45, 2.75) is 12.7 Å². The van der Waals surface area contributed by atoms with Crippen molar-refractivity contribution in [1.82, 2.24) is 20.2 Å². The first kappa shape index (κ1) is 25.8. The number of hydrogen-bond donors (Lipinski definition) is 1. The quantitative estimate of drug-likeness (QED) is 0.351. The summed E-state index contributed by atoms with van der Waals surface area (Å²) in [6.07, 6.45) is 2.77. The first-order valence-corrected chi connectivity index (χ1v) is 12.5. The van der Waals surface area contributed by atoms with Crippen molar-refractivity contribution >= 4 is 28.9 Å². The second kappa shape index (κ2) is 9.91. The molecule has 2 fully saturated rings. The molecule has 4 aromatic rings. The Morgan fingerprint density at radius 2 is 1.93 bits per heavy atom. The van der Waals surface area contributed by atoms with Gasteiger partial charge >= 0.3 is 6.18 Å². The lowest BCUT2D eigenvalue weighted by molar-refractivity contribution is -0.176. The summed E-state index contributed by atoms with van der Waals surface area (Å²) in [4.78, 5) is 34.9. The Morgan fingerprint density at radius 3 is 2.58 bits per heavy atom. The van der Waals surface area contributed by atoms with E-state index >= 15 is 0 Å². The predicted molar refractivity (Wildman–Crippen MR) is 139 cm³/mol. The SMILES string of the molecule is O=C(C=Cc1cccnc1)NCc1cc2cc(-c3ccc(C(=O)N4CC5(COC5)C4)cn3)cc(C(F)(F)F)c2o1. The Bertz CT molecular complexity index is 1600. The van der Waals surface area contributed by atoms with E-state index in [1.807, 2.05) is 0 Å². The molecule has 2 amide bonds. The summed E-state index contributed by atoms with van der Waals surface area (Å²) >= 11 is 0. The Morgan fingerprint density at radius 1 is 1.10 bits per heavy atom. The number of likely N-dealkylation sites (tertiary alicyclic amines) is 1. The van der Waals surface area contributed by atoms with Gasteiger partial charge in [0.05, 0.1) is 42.0 Å². The van der Waals surface area contributed by atoms with Crippen molar-refractivity contribution in [3.63, 3.8) is 0 Å². The van der Waals surface area contributed by atoms with Crippen LogP contribution in [0.4, 0.5) is 13.2 Å². The molecule has 8 nitrogen and oxygen atoms in total. The maximum atomic E-state index is 14.0. The number of amides is 2. The number of halogens is 3. The van der Waals surface area contributed by atoms with Gasteiger partial charge in [-0.2, -0.15) is 13.2 Å². The summed E-state index contributed by atoms with van der Waals surface area (Å²) in [5, 5.41) is 2.82. The molecule has 0 aliphatic carbocycles. The van der Waals surface area contributed by atoms with Gasteiger partial charge in [-0.3, -0.25) is 19.6 Å². The van der Waals surface area contributed by atoms with E-state index < -0.39 is 17.6 Å². The molecule has 0 unspecified atom stereocenters. The number of furan rings is 1. The summed E-state index contributed by atoms with van der Waals surface area (Å²) in [5.74, 6) is -0.437. The average molecular weight is 549 g/mol. The third-order valence-corrected chi connectivity index (χ3v) is 6.98. The molecule has 204 valence electrons. The molecule has 0 atom stereocenters. The van der Waals surface area contributed by atoms with Gasteiger partial charge in [-0.25, -0.2) is 0 Å². The van der Waals surface area contributed by atoms with Crippen LogP contribution in [0.5, 0.6) is 0 Å². The number of carbonyl (C=O) groups is 2. The molecule has 40 heavy (non-hydrogen) atoms. The van der Waals surface area contributed by atoms with Crippen molar-refractivity contribution in [2.24, 2.45) is 5.41 Å². The van der Waals surface area contributed by atoms with Gasteiger partial charge in [0, 0.05) is 48.7 Å². The summed E-state index contributed by atoms with van der Waals surface area (Å²) in [6, 6.07) is 10.6. The minimum Gasteiger partial charge on any atom is -0.459 e. The van der Waals surface area contributed by atoms with Gasteiger partial charge in [0.15, 0.2) is 0 Å². The molecule has 0 radical (unpaired) electrons. The minimum atomic E-state index is -4.69. The maximum Gasteiger partial charge on any atom is 0.420 e. The van der Waals surface area contributed by atoms with E-state index in [1.54, 1.807) is 47.6 Å². The van der Waals surface area contributed by atoms with Crippen LogP contribution in [0.15, 0.2) is 71.5 Å². The standard InChI is InChI=1S/C29H23F3N4O4/c30-29(31,32)23-10-20(24-5-4-19(12-34-24)27(38)36-14-28(15-36)16-39-17-28)8-21-9-22(40-26(21)23)13-35-25(37)6-3-18-2-1-7-33-11-18/h1-12H,13-17H2,(H,35,37). The predicted octanol–water partition coefficient (Wildman–Crippen LogP) is 4.71. The van der Waals surface area contributed by atoms with Crippen LogP contribution in [-0.2, 0) is 22.3 Å². The average Bonchev–Trinajstić information content (AvgIpc) is 3.31. The van der Waals surface area contributed by atoms with Gasteiger partial charge in [0.1, 0.15) is 11.3 Å². The van der Waals surface area contributed by atoms with Crippen LogP contribution >= 0.6 is 0 Å². The molecule has 2 aliphatic heterocycles. The van der Waals surface area contributed by atoms with E-state index in [0.29, 0.717) is 31.9 Å². The summed E-state index contributed by atoms with van der Waals surface area (Å²) in [7, 11) is 0. The van der Waals surface area contributed by atoms with E-state index in [0.717, 1.165) is 11.6 Å². The Kier molecular flexibility index (Phi) is 6.38. The highest BCUT2D eigenvalue weighted by atomic mass is 19.4. The lowest BCUT2D eigenvalue weighted by atomic mass is 9.78. The number of alkyl halides is 3. The van der Waals surface area contributed by atoms with Gasteiger partial charge in [0.25, 0.3) is 5.91 Å². The Hall–Kier alpha value is -4.51. The molecular weight excluding hydrogens is 525 g/mol. The highest BCUT2D eigenvalue weighted by molar-refractivity contribution is 5.95. The third kappa shape index (κ3) is 5.07. The maximum absolute atomic E-state index is 14.0. The van der Waals surface area contributed by atoms with Crippen LogP contribution in [0.3, 0.4) is 0 Å². The Labute approximate surface area is 226 Å². The van der Waals surface area contributed by atoms with Crippen molar-refractivity contribution in [1.29, 1.82) is 0 Å². The Balaban J connectivity index is 1.19. The van der Waals surface area contributed by atoms with Crippen molar-refractivity contribution in [3.8, 4) is 11.3 Å². The number of carbonyl (C=O) groups excluding carboxylic acids is 2. The van der Waals surface area contributed by atoms with Crippen molar-refractivity contribution in [3.05, 3.63) is 89.6 Å². The van der Waals surface area contributed by atoms with Gasteiger partial charge in [-0.05, 0) is 48.0 Å². The number of nitrogens with one attached hydrogen (secondary N) is 1. The number of benzene rings is 1. The van der Waals surface area contributed by atoms with E-state index in [4.69, 9.17) is 9.15 Å². The van der Waals surface area contributed by atoms with Gasteiger partial charge in [-0.1, -0.05) is 6.07 Å². The molecule has 11 heteroatoms. The molecule has 0 saturated carbocycles. The fourth-order valence-corrected chi connectivity index (χ4v) is 4.89. The second-order valence-electron chi connectivity index (χ2n) is 10.1. The second-order valence-corrected chi connectivity index (χ2v) is 10.1. The van der Waals surface area contributed by atoms with Crippen LogP contribution in [0.25, 0.3) is 28.3 Å². The van der Waals surface area contributed by atoms with E-state index in [2.05, 4.69) is 15.3 Å². The number of fused-ring (bicyclic) bond motifs is 1. The van der Waals surface area contributed by atoms with E-state index in [1.165, 1.54) is 24.4 Å². The highest BCUT2D eigenvalue weighted by Gasteiger charge is 2.50. The van der Waals surface area contributed by atoms with Crippen LogP contribution in [0.2, 0.25) is 0 Å². The fraction of sp³-hybridized carbons (Fsp3) is 0.241. The number of hydrogen-bond acceptors (Lipinski definition) is 6. The zero-order valence-corrected chi connectivity index (χ0v) is 21.1. The van der Waals surface area contributed by atoms with E-state index in [-0.39, 0.29) is 45.9 Å². The monoisotopic (exact) mass is 548 g/mol. The third-order valence-electron chi connectivity index (χ3n) is 6.98. The number of nitrogens with zero attached hydrogens (tertiary/aromatic N) is 3. The largest absolute Gasteiger partial charge is 0.459 e. The van der Waals surface area contributed by atoms with Crippen LogP contribution in [0, 0.1) is 5.41 Å². The van der Waals surface area contributed by atoms with Crippen LogP contribution < -0.4 is 5.32 Å². The van der Waals surface area contributed by atoms with E-state index in [9.17, 15) is 22.8 Å². The topological polar surface area (TPSA) is 97.6 Å². The summed E-state index contributed by atoms with van der Waals surface area (Å²) in [6.45, 7) is 2.47. The van der Waals surface area contributed by atoms with Crippen LogP contribution in [-0.4, -0.2) is 53.0 Å². The summed E-state index contributed by atoms with van der Waals surface area (Å²) < 4.78 is 52.7. The van der Waals surface area contributed by atoms with Crippen molar-refractivity contribution < 1.29 is 31.9 Å². The number of aromatic nitrogens is 2. The molecule has 2 aliphatic rings. The molecule has 2 saturated heterocycles. The fourth-order valence-electron chi connectivity index (χ4n) is 4.89. The normalized spacial score (nSPS) is 16.2. The lowest BCUT2D eigenvalue weighted by Gasteiger charge is -2.54. The molecule has 1 aromatic carbocycles. The molecule has 5 heterocycles. The number of pyridine rings is 2. The molecule has 6 rings (SSSR count). The first-order chi connectivity index (χ1) is 19.2.